The predicted octanol–water partition coefficient (Wildman–Crippen LogP) is -1.85. The van der Waals surface area contributed by atoms with Gasteiger partial charge < -0.3 is 35.3 Å². The van der Waals surface area contributed by atoms with Gasteiger partial charge in [0.2, 0.25) is 0 Å². The number of nitrogens with one attached hydrogen (secondary N) is 1. The molecule has 0 heterocycles. The maximum absolute atomic E-state index is 11.4. The minimum absolute atomic E-state index is 0.196. The molecule has 0 aromatic carbocycles. The molecule has 0 aliphatic heterocycles. The lowest BCUT2D eigenvalue weighted by Gasteiger charge is -2.27. The van der Waals surface area contributed by atoms with E-state index >= 15 is 0 Å². The van der Waals surface area contributed by atoms with Crippen LogP contribution in [0.3, 0.4) is 0 Å². The highest BCUT2D eigenvalue weighted by Gasteiger charge is 2.32. The zero-order valence-electron chi connectivity index (χ0n) is 11.1. The third-order valence-corrected chi connectivity index (χ3v) is 2.13. The van der Waals surface area contributed by atoms with Crippen molar-refractivity contribution in [1.29, 1.82) is 0 Å². The Morgan fingerprint density at radius 2 is 1.79 bits per heavy atom. The van der Waals surface area contributed by atoms with Crippen molar-refractivity contribution in [1.82, 2.24) is 5.32 Å². The van der Waals surface area contributed by atoms with E-state index in [1.807, 2.05) is 0 Å². The molecule has 4 atom stereocenters. The molecule has 0 aromatic heterocycles. The average molecular weight is 279 g/mol. The summed E-state index contributed by atoms with van der Waals surface area (Å²) in [5.74, 6) is 0. The van der Waals surface area contributed by atoms with Crippen LogP contribution in [0, 0.1) is 0 Å². The second-order valence-electron chi connectivity index (χ2n) is 5.04. The number of aliphatic hydroxyl groups is 4. The molecule has 0 bridgehead atoms. The molecule has 0 saturated carbocycles. The molecule has 0 saturated heterocycles. The Morgan fingerprint density at radius 1 is 1.26 bits per heavy atom. The fraction of sp³-hybridized carbons (Fsp3) is 0.818. The van der Waals surface area contributed by atoms with E-state index in [2.05, 4.69) is 5.32 Å². The number of hydrogen-bond acceptors (Lipinski definition) is 7. The highest BCUT2D eigenvalue weighted by atomic mass is 16.6. The van der Waals surface area contributed by atoms with E-state index in [1.54, 1.807) is 20.8 Å². The van der Waals surface area contributed by atoms with Crippen LogP contribution in [-0.2, 0) is 9.53 Å². The molecule has 8 heteroatoms. The minimum atomic E-state index is -1.78. The van der Waals surface area contributed by atoms with Gasteiger partial charge in [-0.3, -0.25) is 0 Å². The first kappa shape index (κ1) is 17.8. The SMILES string of the molecule is CC(C)(C)OC(=O)N[C@@H](C=O)[C@@H](O)[C@H](O)[C@H](O)CO. The van der Waals surface area contributed by atoms with Gasteiger partial charge in [0.15, 0.2) is 0 Å². The van der Waals surface area contributed by atoms with Crippen molar-refractivity contribution in [3.63, 3.8) is 0 Å². The van der Waals surface area contributed by atoms with Crippen molar-refractivity contribution in [2.75, 3.05) is 6.61 Å². The van der Waals surface area contributed by atoms with Gasteiger partial charge >= 0.3 is 6.09 Å². The third-order valence-electron chi connectivity index (χ3n) is 2.13. The molecule has 0 rings (SSSR count). The maximum Gasteiger partial charge on any atom is 0.408 e. The molecule has 5 N–H and O–H groups in total. The Bertz CT molecular complexity index is 302. The monoisotopic (exact) mass is 279 g/mol. The zero-order valence-corrected chi connectivity index (χ0v) is 11.1. The highest BCUT2D eigenvalue weighted by molar-refractivity contribution is 5.73. The summed E-state index contributed by atoms with van der Waals surface area (Å²) in [6, 6.07) is -1.47. The molecule has 0 unspecified atom stereocenters. The second-order valence-corrected chi connectivity index (χ2v) is 5.04. The molecule has 0 spiro atoms. The zero-order chi connectivity index (χ0) is 15.2. The van der Waals surface area contributed by atoms with E-state index in [4.69, 9.17) is 14.9 Å². The maximum atomic E-state index is 11.4. The van der Waals surface area contributed by atoms with Gasteiger partial charge in [-0.05, 0) is 20.8 Å². The normalized spacial score (nSPS) is 18.1. The molecule has 0 aromatic rings. The van der Waals surface area contributed by atoms with E-state index < -0.39 is 42.7 Å². The van der Waals surface area contributed by atoms with Crippen LogP contribution in [0.1, 0.15) is 20.8 Å². The van der Waals surface area contributed by atoms with Gasteiger partial charge in [0, 0.05) is 0 Å². The lowest BCUT2D eigenvalue weighted by molar-refractivity contribution is -0.120. The second kappa shape index (κ2) is 7.39. The van der Waals surface area contributed by atoms with Gasteiger partial charge in [0.05, 0.1) is 6.61 Å². The molecule has 8 nitrogen and oxygen atoms in total. The van der Waals surface area contributed by atoms with Gasteiger partial charge in [-0.15, -0.1) is 0 Å². The van der Waals surface area contributed by atoms with Gasteiger partial charge in [-0.25, -0.2) is 4.79 Å². The predicted molar refractivity (Wildman–Crippen MR) is 64.3 cm³/mol. The molecular formula is C11H21NO7. The van der Waals surface area contributed by atoms with Gasteiger partial charge in [-0.1, -0.05) is 0 Å². The Morgan fingerprint density at radius 3 is 2.16 bits per heavy atom. The first-order chi connectivity index (χ1) is 8.62. The number of aldehydes is 1. The summed E-state index contributed by atoms with van der Waals surface area (Å²) in [4.78, 5) is 22.2. The fourth-order valence-corrected chi connectivity index (χ4v) is 1.19. The first-order valence-electron chi connectivity index (χ1n) is 5.72. The number of rotatable bonds is 6. The van der Waals surface area contributed by atoms with Crippen molar-refractivity contribution in [3.8, 4) is 0 Å². The number of carbonyl (C=O) groups excluding carboxylic acids is 2. The Kier molecular flexibility index (Phi) is 6.91. The largest absolute Gasteiger partial charge is 0.444 e. The van der Waals surface area contributed by atoms with Crippen molar-refractivity contribution >= 4 is 12.4 Å². The number of carbonyl (C=O) groups is 2. The summed E-state index contributed by atoms with van der Waals surface area (Å²) < 4.78 is 4.87. The van der Waals surface area contributed by atoms with Crippen LogP contribution in [0.5, 0.6) is 0 Å². The average Bonchev–Trinajstić information content (AvgIpc) is 2.30. The fourth-order valence-electron chi connectivity index (χ4n) is 1.19. The molecule has 0 fully saturated rings. The number of hydrogen-bond donors (Lipinski definition) is 5. The van der Waals surface area contributed by atoms with Crippen molar-refractivity contribution in [3.05, 3.63) is 0 Å². The first-order valence-corrected chi connectivity index (χ1v) is 5.72. The number of amides is 1. The van der Waals surface area contributed by atoms with Crippen molar-refractivity contribution < 1.29 is 34.8 Å². The van der Waals surface area contributed by atoms with E-state index in [-0.39, 0.29) is 6.29 Å². The summed E-state index contributed by atoms with van der Waals surface area (Å²) in [6.45, 7) is 4.05. The van der Waals surface area contributed by atoms with E-state index in [1.165, 1.54) is 0 Å². The third kappa shape index (κ3) is 6.48. The highest BCUT2D eigenvalue weighted by Crippen LogP contribution is 2.08. The Balaban J connectivity index is 4.58. The molecule has 0 aliphatic carbocycles. The molecule has 1 amide bonds. The molecule has 0 aliphatic rings. The summed E-state index contributed by atoms with van der Waals surface area (Å²) in [5.41, 5.74) is -0.786. The quantitative estimate of drug-likeness (QED) is 0.360. The smallest absolute Gasteiger partial charge is 0.408 e. The summed E-state index contributed by atoms with van der Waals surface area (Å²) in [6.07, 6.45) is -5.93. The van der Waals surface area contributed by atoms with E-state index in [0.29, 0.717) is 0 Å². The molecule has 19 heavy (non-hydrogen) atoms. The summed E-state index contributed by atoms with van der Waals surface area (Å²) >= 11 is 0. The van der Waals surface area contributed by atoms with Crippen LogP contribution in [-0.4, -0.2) is 69.4 Å². The van der Waals surface area contributed by atoms with Crippen LogP contribution in [0.2, 0.25) is 0 Å². The Hall–Kier alpha value is -1.22. The van der Waals surface area contributed by atoms with Gasteiger partial charge in [0.25, 0.3) is 0 Å². The van der Waals surface area contributed by atoms with Crippen molar-refractivity contribution in [2.45, 2.75) is 50.7 Å². The number of alkyl carbamates (subject to hydrolysis) is 1. The van der Waals surface area contributed by atoms with E-state index in [9.17, 15) is 19.8 Å². The van der Waals surface area contributed by atoms with Crippen LogP contribution in [0.15, 0.2) is 0 Å². The van der Waals surface area contributed by atoms with Crippen molar-refractivity contribution in [2.24, 2.45) is 0 Å². The number of aliphatic hydroxyl groups excluding tert-OH is 4. The summed E-state index contributed by atoms with van der Waals surface area (Å²) in [7, 11) is 0. The van der Waals surface area contributed by atoms with Crippen LogP contribution >= 0.6 is 0 Å². The lowest BCUT2D eigenvalue weighted by atomic mass is 10.0. The minimum Gasteiger partial charge on any atom is -0.444 e. The Labute approximate surface area is 111 Å². The van der Waals surface area contributed by atoms with Gasteiger partial charge in [0.1, 0.15) is 36.2 Å². The molecule has 0 radical (unpaired) electrons. The van der Waals surface area contributed by atoms with E-state index in [0.717, 1.165) is 0 Å². The van der Waals surface area contributed by atoms with Gasteiger partial charge in [-0.2, -0.15) is 0 Å². The summed E-state index contributed by atoms with van der Waals surface area (Å²) in [5, 5.41) is 38.8. The molecule has 112 valence electrons. The number of ether oxygens (including phenoxy) is 1. The van der Waals surface area contributed by atoms with Crippen LogP contribution in [0.25, 0.3) is 0 Å². The standard InChI is InChI=1S/C11H21NO7/c1-11(2,3)19-10(18)12-6(4-13)8(16)9(17)7(15)5-14/h4,6-9,14-17H,5H2,1-3H3,(H,12,18)/t6-,7+,8+,9+/m0/s1. The topological polar surface area (TPSA) is 136 Å². The van der Waals surface area contributed by atoms with Crippen LogP contribution < -0.4 is 5.32 Å². The van der Waals surface area contributed by atoms with Crippen LogP contribution in [0.4, 0.5) is 4.79 Å². The molecular weight excluding hydrogens is 258 g/mol. The lowest BCUT2D eigenvalue weighted by Crippen LogP contribution is -2.54.